The van der Waals surface area contributed by atoms with E-state index in [1.165, 1.54) is 28.2 Å². The third kappa shape index (κ3) is 1.98. The highest BCUT2D eigenvalue weighted by Gasteiger charge is 1.97. The number of benzene rings is 1. The molecule has 0 amide bonds. The molecule has 0 bridgehead atoms. The van der Waals surface area contributed by atoms with Crippen molar-refractivity contribution in [3.05, 3.63) is 41.4 Å². The Hall–Kier alpha value is -0.670. The van der Waals surface area contributed by atoms with Crippen LogP contribution in [0, 0.1) is 0 Å². The Labute approximate surface area is 89.7 Å². The fourth-order valence-electron chi connectivity index (χ4n) is 1.13. The Morgan fingerprint density at radius 1 is 1.15 bits per heavy atom. The average molecular weight is 254 g/mol. The lowest BCUT2D eigenvalue weighted by atomic mass is 10.1. The van der Waals surface area contributed by atoms with Crippen molar-refractivity contribution in [2.75, 3.05) is 0 Å². The monoisotopic (exact) mass is 253 g/mol. The summed E-state index contributed by atoms with van der Waals surface area (Å²) in [5, 5.41) is 2.97. The first-order valence-electron chi connectivity index (χ1n) is 3.95. The molecule has 1 aromatic carbocycles. The van der Waals surface area contributed by atoms with Crippen LogP contribution in [0.4, 0.5) is 0 Å². The summed E-state index contributed by atoms with van der Waals surface area (Å²) in [6.45, 7) is 0. The summed E-state index contributed by atoms with van der Waals surface area (Å²) >= 11 is 4.91. The highest BCUT2D eigenvalue weighted by molar-refractivity contribution is 9.08. The maximum absolute atomic E-state index is 4.07. The van der Waals surface area contributed by atoms with Gasteiger partial charge in [-0.1, -0.05) is 40.2 Å². The van der Waals surface area contributed by atoms with Gasteiger partial charge in [0.1, 0.15) is 0 Å². The summed E-state index contributed by atoms with van der Waals surface area (Å²) in [5.41, 5.74) is 3.73. The minimum absolute atomic E-state index is 0.912. The van der Waals surface area contributed by atoms with Crippen LogP contribution in [0.5, 0.6) is 0 Å². The Morgan fingerprint density at radius 2 is 1.92 bits per heavy atom. The van der Waals surface area contributed by atoms with E-state index in [-0.39, 0.29) is 0 Å². The molecule has 1 nitrogen and oxygen atoms in total. The van der Waals surface area contributed by atoms with Gasteiger partial charge in [-0.15, -0.1) is 0 Å². The van der Waals surface area contributed by atoms with Crippen LogP contribution in [0.15, 0.2) is 35.8 Å². The van der Waals surface area contributed by atoms with Crippen LogP contribution in [0.2, 0.25) is 0 Å². The zero-order chi connectivity index (χ0) is 9.10. The van der Waals surface area contributed by atoms with Crippen molar-refractivity contribution in [2.45, 2.75) is 5.33 Å². The van der Waals surface area contributed by atoms with Crippen molar-refractivity contribution in [2.24, 2.45) is 0 Å². The zero-order valence-corrected chi connectivity index (χ0v) is 9.31. The molecule has 0 aliphatic carbocycles. The van der Waals surface area contributed by atoms with Crippen molar-refractivity contribution in [1.82, 2.24) is 4.37 Å². The summed E-state index contributed by atoms with van der Waals surface area (Å²) in [4.78, 5) is 0. The van der Waals surface area contributed by atoms with Crippen LogP contribution in [0.3, 0.4) is 0 Å². The molecule has 0 atom stereocenters. The largest absolute Gasteiger partial charge is 0.201 e. The van der Waals surface area contributed by atoms with E-state index >= 15 is 0 Å². The number of halogens is 1. The minimum Gasteiger partial charge on any atom is -0.201 e. The SMILES string of the molecule is BrCc1ccc(-c2cnsc2)cc1. The zero-order valence-electron chi connectivity index (χ0n) is 6.90. The minimum atomic E-state index is 0.912. The Kier molecular flexibility index (Phi) is 2.76. The van der Waals surface area contributed by atoms with Crippen LogP contribution >= 0.6 is 27.5 Å². The summed E-state index contributed by atoms with van der Waals surface area (Å²) in [6.07, 6.45) is 1.90. The maximum atomic E-state index is 4.07. The van der Waals surface area contributed by atoms with Gasteiger partial charge in [-0.3, -0.25) is 0 Å². The first-order chi connectivity index (χ1) is 6.40. The molecular weight excluding hydrogens is 246 g/mol. The average Bonchev–Trinajstić information content (AvgIpc) is 2.71. The van der Waals surface area contributed by atoms with Gasteiger partial charge in [-0.25, -0.2) is 4.37 Å². The van der Waals surface area contributed by atoms with Crippen LogP contribution in [0.1, 0.15) is 5.56 Å². The number of hydrogen-bond acceptors (Lipinski definition) is 2. The lowest BCUT2D eigenvalue weighted by Crippen LogP contribution is -1.77. The van der Waals surface area contributed by atoms with E-state index in [0.29, 0.717) is 0 Å². The molecule has 0 fully saturated rings. The second-order valence-corrected chi connectivity index (χ2v) is 3.96. The number of nitrogens with zero attached hydrogens (tertiary/aromatic N) is 1. The van der Waals surface area contributed by atoms with Crippen LogP contribution in [0.25, 0.3) is 11.1 Å². The van der Waals surface area contributed by atoms with Crippen molar-refractivity contribution in [3.8, 4) is 11.1 Å². The van der Waals surface area contributed by atoms with E-state index in [2.05, 4.69) is 49.9 Å². The molecule has 0 saturated carbocycles. The molecule has 1 heterocycles. The lowest BCUT2D eigenvalue weighted by Gasteiger charge is -1.98. The smallest absolute Gasteiger partial charge is 0.0485 e. The second kappa shape index (κ2) is 4.03. The third-order valence-corrected chi connectivity index (χ3v) is 3.11. The highest BCUT2D eigenvalue weighted by Crippen LogP contribution is 2.21. The molecule has 3 heteroatoms. The van der Waals surface area contributed by atoms with E-state index in [0.717, 1.165) is 5.33 Å². The quantitative estimate of drug-likeness (QED) is 0.744. The molecule has 1 aromatic heterocycles. The predicted molar refractivity (Wildman–Crippen MR) is 60.2 cm³/mol. The fourth-order valence-corrected chi connectivity index (χ4v) is 2.05. The van der Waals surface area contributed by atoms with Crippen molar-refractivity contribution >= 4 is 27.5 Å². The summed E-state index contributed by atoms with van der Waals surface area (Å²) < 4.78 is 4.07. The molecule has 2 rings (SSSR count). The second-order valence-electron chi connectivity index (χ2n) is 2.74. The van der Waals surface area contributed by atoms with Gasteiger partial charge in [0.05, 0.1) is 0 Å². The Balaban J connectivity index is 2.33. The predicted octanol–water partition coefficient (Wildman–Crippen LogP) is 3.71. The van der Waals surface area contributed by atoms with Gasteiger partial charge in [0.2, 0.25) is 0 Å². The maximum Gasteiger partial charge on any atom is 0.0485 e. The number of aromatic nitrogens is 1. The summed E-state index contributed by atoms with van der Waals surface area (Å²) in [5.74, 6) is 0. The van der Waals surface area contributed by atoms with Gasteiger partial charge in [0, 0.05) is 22.5 Å². The highest BCUT2D eigenvalue weighted by atomic mass is 79.9. The van der Waals surface area contributed by atoms with E-state index in [4.69, 9.17) is 0 Å². The topological polar surface area (TPSA) is 12.9 Å². The van der Waals surface area contributed by atoms with E-state index < -0.39 is 0 Å². The van der Waals surface area contributed by atoms with Gasteiger partial charge in [0.25, 0.3) is 0 Å². The van der Waals surface area contributed by atoms with Crippen molar-refractivity contribution in [1.29, 1.82) is 0 Å². The molecule has 2 aromatic rings. The summed E-state index contributed by atoms with van der Waals surface area (Å²) in [6, 6.07) is 8.50. The normalized spacial score (nSPS) is 10.2. The molecule has 0 spiro atoms. The third-order valence-electron chi connectivity index (χ3n) is 1.87. The van der Waals surface area contributed by atoms with E-state index in [9.17, 15) is 0 Å². The molecule has 0 aliphatic rings. The van der Waals surface area contributed by atoms with Crippen LogP contribution in [-0.4, -0.2) is 4.37 Å². The number of alkyl halides is 1. The van der Waals surface area contributed by atoms with Crippen LogP contribution < -0.4 is 0 Å². The summed E-state index contributed by atoms with van der Waals surface area (Å²) in [7, 11) is 0. The Bertz CT molecular complexity index is 366. The number of hydrogen-bond donors (Lipinski definition) is 0. The van der Waals surface area contributed by atoms with Gasteiger partial charge in [0.15, 0.2) is 0 Å². The molecule has 0 radical (unpaired) electrons. The van der Waals surface area contributed by atoms with E-state index in [1.54, 1.807) is 0 Å². The van der Waals surface area contributed by atoms with Gasteiger partial charge < -0.3 is 0 Å². The standard InChI is InChI=1S/C10H8BrNS/c11-5-8-1-3-9(4-2-8)10-6-12-13-7-10/h1-4,6-7H,5H2. The molecule has 0 unspecified atom stereocenters. The van der Waals surface area contributed by atoms with Crippen molar-refractivity contribution < 1.29 is 0 Å². The van der Waals surface area contributed by atoms with Gasteiger partial charge in [-0.2, -0.15) is 0 Å². The first-order valence-corrected chi connectivity index (χ1v) is 5.90. The van der Waals surface area contributed by atoms with E-state index in [1.807, 2.05) is 6.20 Å². The molecule has 0 aliphatic heterocycles. The molecule has 66 valence electrons. The molecule has 0 N–H and O–H groups in total. The van der Waals surface area contributed by atoms with Crippen LogP contribution in [-0.2, 0) is 5.33 Å². The number of rotatable bonds is 2. The fraction of sp³-hybridized carbons (Fsp3) is 0.100. The lowest BCUT2D eigenvalue weighted by molar-refractivity contribution is 1.43. The molecule has 0 saturated heterocycles. The van der Waals surface area contributed by atoms with Gasteiger partial charge in [-0.05, 0) is 22.7 Å². The van der Waals surface area contributed by atoms with Gasteiger partial charge >= 0.3 is 0 Å². The Morgan fingerprint density at radius 3 is 2.46 bits per heavy atom. The first kappa shape index (κ1) is 8.91. The molecular formula is C10H8BrNS. The van der Waals surface area contributed by atoms with Crippen molar-refractivity contribution in [3.63, 3.8) is 0 Å². The molecule has 13 heavy (non-hydrogen) atoms.